The number of ether oxygens (including phenoxy) is 2. The fourth-order valence-electron chi connectivity index (χ4n) is 2.96. The highest BCUT2D eigenvalue weighted by molar-refractivity contribution is 7.92. The molecule has 0 aliphatic carbocycles. The molecule has 160 valence electrons. The lowest BCUT2D eigenvalue weighted by molar-refractivity contribution is 0.277. The number of aromatic nitrogens is 3. The number of nitrogens with zero attached hydrogens (tertiary/aromatic N) is 4. The van der Waals surface area contributed by atoms with E-state index in [9.17, 15) is 8.42 Å². The van der Waals surface area contributed by atoms with Crippen molar-refractivity contribution in [1.29, 1.82) is 5.41 Å². The molecule has 3 heterocycles. The maximum atomic E-state index is 12.7. The Morgan fingerprint density at radius 1 is 1.19 bits per heavy atom. The summed E-state index contributed by atoms with van der Waals surface area (Å²) in [6, 6.07) is 7.79. The number of nitrogens with one attached hydrogen (secondary N) is 2. The second-order valence-electron chi connectivity index (χ2n) is 6.75. The van der Waals surface area contributed by atoms with Crippen LogP contribution in [0, 0.1) is 5.41 Å². The summed E-state index contributed by atoms with van der Waals surface area (Å²) in [6.07, 6.45) is 5.43. The van der Waals surface area contributed by atoms with Crippen LogP contribution in [0.2, 0.25) is 0 Å². The van der Waals surface area contributed by atoms with E-state index in [-0.39, 0.29) is 17.3 Å². The van der Waals surface area contributed by atoms with Gasteiger partial charge in [0.1, 0.15) is 18.8 Å². The number of hydrogen-bond donors (Lipinski definition) is 2. The highest BCUT2D eigenvalue weighted by atomic mass is 32.2. The Balaban J connectivity index is 1.49. The summed E-state index contributed by atoms with van der Waals surface area (Å²) in [7, 11) is -3.82. The Kier molecular flexibility index (Phi) is 6.03. The predicted molar refractivity (Wildman–Crippen MR) is 115 cm³/mol. The van der Waals surface area contributed by atoms with Gasteiger partial charge in [0.2, 0.25) is 5.88 Å². The fourth-order valence-corrected chi connectivity index (χ4v) is 4.00. The van der Waals surface area contributed by atoms with E-state index in [2.05, 4.69) is 24.7 Å². The van der Waals surface area contributed by atoms with Gasteiger partial charge in [0.25, 0.3) is 10.0 Å². The maximum absolute atomic E-state index is 12.7. The highest BCUT2D eigenvalue weighted by Crippen LogP contribution is 2.26. The summed E-state index contributed by atoms with van der Waals surface area (Å²) >= 11 is 0. The molecule has 1 aliphatic heterocycles. The lowest BCUT2D eigenvalue weighted by Crippen LogP contribution is -2.20. The van der Waals surface area contributed by atoms with Crippen LogP contribution in [-0.4, -0.2) is 54.7 Å². The fraction of sp³-hybridized carbons (Fsp3) is 0.250. The van der Waals surface area contributed by atoms with Gasteiger partial charge in [-0.3, -0.25) is 9.71 Å². The Morgan fingerprint density at radius 3 is 2.87 bits per heavy atom. The van der Waals surface area contributed by atoms with Crippen molar-refractivity contribution in [3.8, 4) is 5.88 Å². The SMILES string of the molecule is N=C(COc1nccc2cc(S(=O)(=O)Nc3ccncn3)ccc12)CC1=NCCCO1. The molecule has 0 atom stereocenters. The molecule has 0 saturated carbocycles. The van der Waals surface area contributed by atoms with Crippen molar-refractivity contribution in [2.75, 3.05) is 24.5 Å². The Morgan fingerprint density at radius 2 is 2.10 bits per heavy atom. The van der Waals surface area contributed by atoms with E-state index in [1.54, 1.807) is 12.1 Å². The molecule has 1 aliphatic rings. The molecule has 2 N–H and O–H groups in total. The number of fused-ring (bicyclic) bond motifs is 1. The number of aliphatic imine (C=N–C) groups is 1. The first-order chi connectivity index (χ1) is 15.0. The van der Waals surface area contributed by atoms with Crippen LogP contribution in [0.1, 0.15) is 12.8 Å². The van der Waals surface area contributed by atoms with Crippen LogP contribution in [0.15, 0.2) is 58.9 Å². The van der Waals surface area contributed by atoms with E-state index >= 15 is 0 Å². The number of anilines is 1. The van der Waals surface area contributed by atoms with E-state index in [0.717, 1.165) is 6.42 Å². The first-order valence-corrected chi connectivity index (χ1v) is 11.0. The van der Waals surface area contributed by atoms with Crippen molar-refractivity contribution in [2.45, 2.75) is 17.7 Å². The Labute approximate surface area is 178 Å². The van der Waals surface area contributed by atoms with Gasteiger partial charge >= 0.3 is 0 Å². The molecule has 1 aromatic carbocycles. The molecule has 0 saturated heterocycles. The van der Waals surface area contributed by atoms with Crippen molar-refractivity contribution in [2.24, 2.45) is 4.99 Å². The zero-order valence-corrected chi connectivity index (χ0v) is 17.3. The molecule has 0 amide bonds. The Hall–Kier alpha value is -3.60. The smallest absolute Gasteiger partial charge is 0.263 e. The van der Waals surface area contributed by atoms with E-state index in [0.29, 0.717) is 47.8 Å². The van der Waals surface area contributed by atoms with Crippen molar-refractivity contribution in [1.82, 2.24) is 15.0 Å². The van der Waals surface area contributed by atoms with Crippen molar-refractivity contribution in [3.05, 3.63) is 49.1 Å². The molecule has 4 rings (SSSR count). The van der Waals surface area contributed by atoms with Crippen molar-refractivity contribution >= 4 is 38.2 Å². The van der Waals surface area contributed by atoms with Gasteiger partial charge in [-0.15, -0.1) is 0 Å². The monoisotopic (exact) mass is 440 g/mol. The van der Waals surface area contributed by atoms with Crippen LogP contribution in [0.5, 0.6) is 5.88 Å². The van der Waals surface area contributed by atoms with E-state index in [1.807, 2.05) is 0 Å². The van der Waals surface area contributed by atoms with E-state index < -0.39 is 10.0 Å². The average Bonchev–Trinajstić information content (AvgIpc) is 2.78. The second-order valence-corrected chi connectivity index (χ2v) is 8.43. The first kappa shape index (κ1) is 20.7. The lowest BCUT2D eigenvalue weighted by Gasteiger charge is -2.14. The molecule has 0 unspecified atom stereocenters. The lowest BCUT2D eigenvalue weighted by atomic mass is 10.2. The molecule has 3 aromatic rings. The molecule has 0 spiro atoms. The van der Waals surface area contributed by atoms with Gasteiger partial charge in [-0.2, -0.15) is 0 Å². The molecule has 10 nitrogen and oxygen atoms in total. The minimum atomic E-state index is -3.82. The Bertz CT molecular complexity index is 1230. The molecular weight excluding hydrogens is 420 g/mol. The summed E-state index contributed by atoms with van der Waals surface area (Å²) in [4.78, 5) is 16.2. The zero-order valence-electron chi connectivity index (χ0n) is 16.5. The van der Waals surface area contributed by atoms with Gasteiger partial charge in [0.15, 0.2) is 5.90 Å². The van der Waals surface area contributed by atoms with Crippen LogP contribution in [-0.2, 0) is 14.8 Å². The standard InChI is InChI=1S/C20H20N6O4S/c21-15(11-19-23-6-1-9-29-19)12-30-20-17-3-2-16(10-14(17)4-8-24-20)31(27,28)26-18-5-7-22-13-25-18/h2-5,7-8,10,13,21H,1,6,9,11-12H2,(H,22,25,26). The third-order valence-electron chi connectivity index (χ3n) is 4.44. The minimum Gasteiger partial charge on any atom is -0.481 e. The van der Waals surface area contributed by atoms with Gasteiger partial charge < -0.3 is 14.9 Å². The highest BCUT2D eigenvalue weighted by Gasteiger charge is 2.17. The number of benzene rings is 1. The van der Waals surface area contributed by atoms with Gasteiger partial charge in [0, 0.05) is 30.7 Å². The largest absolute Gasteiger partial charge is 0.481 e. The van der Waals surface area contributed by atoms with Crippen LogP contribution in [0.4, 0.5) is 5.82 Å². The predicted octanol–water partition coefficient (Wildman–Crippen LogP) is 2.43. The minimum absolute atomic E-state index is 0.0316. The average molecular weight is 440 g/mol. The van der Waals surface area contributed by atoms with Gasteiger partial charge in [0.05, 0.1) is 23.6 Å². The molecule has 31 heavy (non-hydrogen) atoms. The molecule has 0 fully saturated rings. The normalized spacial score (nSPS) is 13.9. The van der Waals surface area contributed by atoms with E-state index in [4.69, 9.17) is 14.9 Å². The van der Waals surface area contributed by atoms with Crippen molar-refractivity contribution < 1.29 is 17.9 Å². The summed E-state index contributed by atoms with van der Waals surface area (Å²) in [5.74, 6) is 1.05. The topological polar surface area (TPSA) is 140 Å². The van der Waals surface area contributed by atoms with Crippen LogP contribution in [0.3, 0.4) is 0 Å². The molecular formula is C20H20N6O4S. The number of sulfonamides is 1. The van der Waals surface area contributed by atoms with Gasteiger partial charge in [-0.25, -0.2) is 23.4 Å². The maximum Gasteiger partial charge on any atom is 0.263 e. The summed E-state index contributed by atoms with van der Waals surface area (Å²) in [6.45, 7) is 1.37. The van der Waals surface area contributed by atoms with Gasteiger partial charge in [-0.1, -0.05) is 0 Å². The van der Waals surface area contributed by atoms with Gasteiger partial charge in [-0.05, 0) is 35.7 Å². The molecule has 2 aromatic heterocycles. The quantitative estimate of drug-likeness (QED) is 0.513. The second kappa shape index (κ2) is 9.04. The van der Waals surface area contributed by atoms with Crippen molar-refractivity contribution in [3.63, 3.8) is 0 Å². The number of hydrogen-bond acceptors (Lipinski definition) is 9. The van der Waals surface area contributed by atoms with Crippen LogP contribution < -0.4 is 9.46 Å². The summed E-state index contributed by atoms with van der Waals surface area (Å²) in [5.41, 5.74) is 0.313. The van der Waals surface area contributed by atoms with Crippen LogP contribution >= 0.6 is 0 Å². The molecule has 0 radical (unpaired) electrons. The first-order valence-electron chi connectivity index (χ1n) is 9.54. The van der Waals surface area contributed by atoms with Crippen LogP contribution in [0.25, 0.3) is 10.8 Å². The number of pyridine rings is 1. The zero-order chi connectivity index (χ0) is 21.7. The summed E-state index contributed by atoms with van der Waals surface area (Å²) in [5, 5.41) is 9.38. The third-order valence-corrected chi connectivity index (χ3v) is 5.79. The molecule has 11 heteroatoms. The van der Waals surface area contributed by atoms with E-state index in [1.165, 1.54) is 36.9 Å². The number of rotatable bonds is 8. The summed E-state index contributed by atoms with van der Waals surface area (Å²) < 4.78 is 38.9. The third kappa shape index (κ3) is 5.12. The molecule has 0 bridgehead atoms.